The summed E-state index contributed by atoms with van der Waals surface area (Å²) in [5, 5.41) is 7.13. The van der Waals surface area contributed by atoms with E-state index < -0.39 is 0 Å². The van der Waals surface area contributed by atoms with Gasteiger partial charge in [-0.15, -0.1) is 0 Å². The van der Waals surface area contributed by atoms with E-state index >= 15 is 0 Å². The summed E-state index contributed by atoms with van der Waals surface area (Å²) in [4.78, 5) is 0. The summed E-state index contributed by atoms with van der Waals surface area (Å²) in [5.74, 6) is 0. The Hall–Kier alpha value is -2.62. The van der Waals surface area contributed by atoms with Gasteiger partial charge in [0, 0.05) is 19.7 Å². The number of hydrogen-bond acceptors (Lipinski definition) is 1. The number of benzene rings is 5. The number of furan rings is 1. The largest absolute Gasteiger partial charge is 0.456 e. The van der Waals surface area contributed by atoms with Crippen molar-refractivity contribution in [3.05, 3.63) is 93.9 Å². The summed E-state index contributed by atoms with van der Waals surface area (Å²) in [5.41, 5.74) is 4.22. The molecule has 1 heterocycles. The Kier molecular flexibility index (Phi) is 3.84. The van der Waals surface area contributed by atoms with Crippen molar-refractivity contribution < 1.29 is 4.42 Å². The van der Waals surface area contributed by atoms with Crippen LogP contribution in [0, 0.1) is 0 Å². The van der Waals surface area contributed by atoms with Gasteiger partial charge in [0.15, 0.2) is 0 Å². The standard InChI is InChI=1S/C26H14Br2O/c27-25-18-6-1-2-7-19(18)26(28)22-14-15(9-11-20(22)25)16-10-12-24-21(13-16)17-5-3-4-8-23(17)29-24/h1-14H. The molecule has 0 bridgehead atoms. The molecule has 6 aromatic rings. The SMILES string of the molecule is Brc1c2ccccc2c(Br)c2cc(-c3ccc4oc5ccccc5c4c3)ccc12. The van der Waals surface area contributed by atoms with Crippen LogP contribution in [0.1, 0.15) is 0 Å². The van der Waals surface area contributed by atoms with Gasteiger partial charge in [-0.3, -0.25) is 0 Å². The molecule has 0 aliphatic heterocycles. The highest BCUT2D eigenvalue weighted by atomic mass is 79.9. The number of halogens is 2. The smallest absolute Gasteiger partial charge is 0.135 e. The summed E-state index contributed by atoms with van der Waals surface area (Å²) in [6, 6.07) is 29.7. The van der Waals surface area contributed by atoms with Crippen molar-refractivity contribution in [2.45, 2.75) is 0 Å². The third-order valence-electron chi connectivity index (χ3n) is 5.60. The van der Waals surface area contributed by atoms with Crippen LogP contribution in [0.25, 0.3) is 54.6 Å². The summed E-state index contributed by atoms with van der Waals surface area (Å²) >= 11 is 7.67. The topological polar surface area (TPSA) is 13.1 Å². The van der Waals surface area contributed by atoms with Crippen LogP contribution < -0.4 is 0 Å². The fourth-order valence-electron chi connectivity index (χ4n) is 4.16. The van der Waals surface area contributed by atoms with Crippen molar-refractivity contribution >= 4 is 75.3 Å². The van der Waals surface area contributed by atoms with Crippen molar-refractivity contribution in [2.75, 3.05) is 0 Å². The third kappa shape index (κ3) is 2.58. The summed E-state index contributed by atoms with van der Waals surface area (Å²) in [7, 11) is 0. The lowest BCUT2D eigenvalue weighted by molar-refractivity contribution is 0.669. The Morgan fingerprint density at radius 1 is 0.448 bits per heavy atom. The highest BCUT2D eigenvalue weighted by molar-refractivity contribution is 9.11. The van der Waals surface area contributed by atoms with Gasteiger partial charge in [-0.1, -0.05) is 60.7 Å². The minimum atomic E-state index is 0.922. The molecule has 0 aliphatic carbocycles. The lowest BCUT2D eigenvalue weighted by Crippen LogP contribution is -1.85. The molecule has 0 amide bonds. The molecule has 0 atom stereocenters. The highest BCUT2D eigenvalue weighted by Gasteiger charge is 2.13. The van der Waals surface area contributed by atoms with Gasteiger partial charge >= 0.3 is 0 Å². The van der Waals surface area contributed by atoms with E-state index in [1.807, 2.05) is 12.1 Å². The van der Waals surface area contributed by atoms with Gasteiger partial charge in [0.05, 0.1) is 0 Å². The van der Waals surface area contributed by atoms with Crippen LogP contribution in [0.4, 0.5) is 0 Å². The molecule has 6 rings (SSSR count). The monoisotopic (exact) mass is 500 g/mol. The van der Waals surface area contributed by atoms with E-state index in [4.69, 9.17) is 4.42 Å². The normalized spacial score (nSPS) is 11.8. The highest BCUT2D eigenvalue weighted by Crippen LogP contribution is 2.41. The van der Waals surface area contributed by atoms with Crippen LogP contribution in [0.3, 0.4) is 0 Å². The summed E-state index contributed by atoms with van der Waals surface area (Å²) in [6.45, 7) is 0. The first-order valence-electron chi connectivity index (χ1n) is 9.42. The van der Waals surface area contributed by atoms with Crippen LogP contribution in [-0.4, -0.2) is 0 Å². The molecule has 0 unspecified atom stereocenters. The van der Waals surface area contributed by atoms with Gasteiger partial charge < -0.3 is 4.42 Å². The first-order valence-corrected chi connectivity index (χ1v) is 11.0. The van der Waals surface area contributed by atoms with E-state index in [2.05, 4.69) is 105 Å². The van der Waals surface area contributed by atoms with Crippen molar-refractivity contribution in [1.82, 2.24) is 0 Å². The first kappa shape index (κ1) is 17.3. The van der Waals surface area contributed by atoms with Crippen molar-refractivity contribution in [3.8, 4) is 11.1 Å². The zero-order chi connectivity index (χ0) is 19.5. The van der Waals surface area contributed by atoms with Gasteiger partial charge in [-0.2, -0.15) is 0 Å². The van der Waals surface area contributed by atoms with E-state index in [0.717, 1.165) is 30.9 Å². The predicted molar refractivity (Wildman–Crippen MR) is 130 cm³/mol. The van der Waals surface area contributed by atoms with E-state index in [1.54, 1.807) is 0 Å². The van der Waals surface area contributed by atoms with E-state index in [1.165, 1.54) is 32.7 Å². The molecule has 0 radical (unpaired) electrons. The Morgan fingerprint density at radius 3 is 1.72 bits per heavy atom. The van der Waals surface area contributed by atoms with Crippen LogP contribution in [0.2, 0.25) is 0 Å². The number of hydrogen-bond donors (Lipinski definition) is 0. The molecule has 0 aliphatic rings. The van der Waals surface area contributed by atoms with E-state index in [0.29, 0.717) is 0 Å². The maximum atomic E-state index is 5.98. The van der Waals surface area contributed by atoms with Crippen LogP contribution in [0.15, 0.2) is 98.3 Å². The maximum absolute atomic E-state index is 5.98. The number of fused-ring (bicyclic) bond motifs is 5. The van der Waals surface area contributed by atoms with Crippen molar-refractivity contribution in [2.24, 2.45) is 0 Å². The molecule has 1 nitrogen and oxygen atoms in total. The maximum Gasteiger partial charge on any atom is 0.135 e. The van der Waals surface area contributed by atoms with Gasteiger partial charge in [0.25, 0.3) is 0 Å². The second-order valence-corrected chi connectivity index (χ2v) is 8.83. The molecule has 29 heavy (non-hydrogen) atoms. The summed E-state index contributed by atoms with van der Waals surface area (Å²) < 4.78 is 8.24. The predicted octanol–water partition coefficient (Wildman–Crippen LogP) is 9.08. The molecule has 0 fully saturated rings. The molecule has 138 valence electrons. The second-order valence-electron chi connectivity index (χ2n) is 7.24. The molecule has 1 aromatic heterocycles. The Balaban J connectivity index is 1.62. The molecule has 3 heteroatoms. The van der Waals surface area contributed by atoms with Crippen molar-refractivity contribution in [3.63, 3.8) is 0 Å². The molecule has 0 spiro atoms. The molecular weight excluding hydrogens is 488 g/mol. The second kappa shape index (κ2) is 6.45. The fourth-order valence-corrected chi connectivity index (χ4v) is 5.52. The Bertz CT molecular complexity index is 1580. The van der Waals surface area contributed by atoms with Crippen molar-refractivity contribution in [1.29, 1.82) is 0 Å². The van der Waals surface area contributed by atoms with Crippen LogP contribution >= 0.6 is 31.9 Å². The zero-order valence-electron chi connectivity index (χ0n) is 15.2. The number of rotatable bonds is 1. The molecule has 0 N–H and O–H groups in total. The van der Waals surface area contributed by atoms with E-state index in [9.17, 15) is 0 Å². The number of para-hydroxylation sites is 1. The van der Waals surface area contributed by atoms with Gasteiger partial charge in [0.2, 0.25) is 0 Å². The molecule has 5 aromatic carbocycles. The minimum Gasteiger partial charge on any atom is -0.456 e. The zero-order valence-corrected chi connectivity index (χ0v) is 18.4. The fraction of sp³-hybridized carbons (Fsp3) is 0. The molecular formula is C26H14Br2O. The van der Waals surface area contributed by atoms with Gasteiger partial charge in [-0.25, -0.2) is 0 Å². The quantitative estimate of drug-likeness (QED) is 0.205. The average Bonchev–Trinajstić information content (AvgIpc) is 3.15. The minimum absolute atomic E-state index is 0.922. The van der Waals surface area contributed by atoms with E-state index in [-0.39, 0.29) is 0 Å². The average molecular weight is 502 g/mol. The van der Waals surface area contributed by atoms with Crippen LogP contribution in [-0.2, 0) is 0 Å². The van der Waals surface area contributed by atoms with Gasteiger partial charge in [-0.05, 0) is 88.8 Å². The molecule has 0 saturated heterocycles. The first-order chi connectivity index (χ1) is 14.2. The third-order valence-corrected chi connectivity index (χ3v) is 7.31. The van der Waals surface area contributed by atoms with Crippen LogP contribution in [0.5, 0.6) is 0 Å². The summed E-state index contributed by atoms with van der Waals surface area (Å²) in [6.07, 6.45) is 0. The molecule has 0 saturated carbocycles. The lowest BCUT2D eigenvalue weighted by atomic mass is 9.97. The Labute approximate surface area is 184 Å². The van der Waals surface area contributed by atoms with Gasteiger partial charge in [0.1, 0.15) is 11.2 Å². The Morgan fingerprint density at radius 2 is 0.966 bits per heavy atom. The lowest BCUT2D eigenvalue weighted by Gasteiger charge is -2.11.